The number of carbonyl (C=O) groups excluding carboxylic acids is 1. The van der Waals surface area contributed by atoms with Gasteiger partial charge in [-0.25, -0.2) is 0 Å². The van der Waals surface area contributed by atoms with E-state index in [1.807, 2.05) is 0 Å². The van der Waals surface area contributed by atoms with Gasteiger partial charge >= 0.3 is 12.1 Å². The van der Waals surface area contributed by atoms with Crippen molar-refractivity contribution in [2.45, 2.75) is 45.0 Å². The maximum atomic E-state index is 12.4. The Labute approximate surface area is 115 Å². The molecule has 3 nitrogen and oxygen atoms in total. The van der Waals surface area contributed by atoms with Gasteiger partial charge < -0.3 is 10.5 Å². The summed E-state index contributed by atoms with van der Waals surface area (Å²) in [7, 11) is 0. The van der Waals surface area contributed by atoms with Crippen LogP contribution in [0.2, 0.25) is 0 Å². The smallest absolute Gasteiger partial charge is 0.416 e. The zero-order valence-corrected chi connectivity index (χ0v) is 11.6. The van der Waals surface area contributed by atoms with E-state index in [2.05, 4.69) is 0 Å². The predicted molar refractivity (Wildman–Crippen MR) is 68.8 cm³/mol. The molecule has 0 heterocycles. The van der Waals surface area contributed by atoms with E-state index in [0.29, 0.717) is 5.56 Å². The fourth-order valence-electron chi connectivity index (χ4n) is 1.60. The standard InChI is InChI=1S/C14H18F3NO2/c1-13(2,3)20-12(19)8-11(18)9-4-6-10(7-5-9)14(15,16)17/h4-7,11H,8,18H2,1-3H3/t11-/m0/s1. The molecule has 0 spiro atoms. The molecule has 0 aliphatic carbocycles. The number of halogens is 3. The lowest BCUT2D eigenvalue weighted by Crippen LogP contribution is -2.26. The van der Waals surface area contributed by atoms with Gasteiger partial charge in [-0.2, -0.15) is 13.2 Å². The van der Waals surface area contributed by atoms with Gasteiger partial charge in [0.2, 0.25) is 0 Å². The molecular formula is C14H18F3NO2. The molecule has 0 aliphatic heterocycles. The molecule has 20 heavy (non-hydrogen) atoms. The van der Waals surface area contributed by atoms with Crippen LogP contribution in [0, 0.1) is 0 Å². The van der Waals surface area contributed by atoms with E-state index in [-0.39, 0.29) is 6.42 Å². The number of benzene rings is 1. The van der Waals surface area contributed by atoms with E-state index in [1.54, 1.807) is 20.8 Å². The van der Waals surface area contributed by atoms with Crippen LogP contribution in [0.1, 0.15) is 44.4 Å². The summed E-state index contributed by atoms with van der Waals surface area (Å²) in [6.07, 6.45) is -4.46. The third kappa shape index (κ3) is 5.21. The Morgan fingerprint density at radius 1 is 1.20 bits per heavy atom. The Bertz CT molecular complexity index is 461. The second-order valence-electron chi connectivity index (χ2n) is 5.52. The first kappa shape index (κ1) is 16.5. The number of hydrogen-bond acceptors (Lipinski definition) is 3. The highest BCUT2D eigenvalue weighted by atomic mass is 19.4. The molecule has 0 amide bonds. The minimum absolute atomic E-state index is 0.0807. The van der Waals surface area contributed by atoms with E-state index < -0.39 is 29.4 Å². The van der Waals surface area contributed by atoms with E-state index >= 15 is 0 Å². The summed E-state index contributed by atoms with van der Waals surface area (Å²) in [5.74, 6) is -0.482. The average molecular weight is 289 g/mol. The van der Waals surface area contributed by atoms with Crippen molar-refractivity contribution < 1.29 is 22.7 Å². The molecule has 6 heteroatoms. The van der Waals surface area contributed by atoms with Crippen molar-refractivity contribution in [3.05, 3.63) is 35.4 Å². The van der Waals surface area contributed by atoms with Gasteiger partial charge in [0, 0.05) is 6.04 Å². The fraction of sp³-hybridized carbons (Fsp3) is 0.500. The Kier molecular flexibility index (Phi) is 4.81. The van der Waals surface area contributed by atoms with Gasteiger partial charge in [0.15, 0.2) is 0 Å². The Morgan fingerprint density at radius 3 is 2.10 bits per heavy atom. The van der Waals surface area contributed by atoms with Crippen LogP contribution in [-0.4, -0.2) is 11.6 Å². The first-order chi connectivity index (χ1) is 8.99. The highest BCUT2D eigenvalue weighted by Crippen LogP contribution is 2.30. The third-order valence-corrected chi connectivity index (χ3v) is 2.47. The van der Waals surface area contributed by atoms with Crippen molar-refractivity contribution in [2.75, 3.05) is 0 Å². The van der Waals surface area contributed by atoms with E-state index in [1.165, 1.54) is 12.1 Å². The molecule has 0 bridgehead atoms. The molecule has 1 aromatic carbocycles. The maximum absolute atomic E-state index is 12.4. The first-order valence-electron chi connectivity index (χ1n) is 6.13. The number of ether oxygens (including phenoxy) is 1. The molecule has 0 aliphatic rings. The van der Waals surface area contributed by atoms with Crippen LogP contribution in [0.25, 0.3) is 0 Å². The second kappa shape index (κ2) is 5.83. The largest absolute Gasteiger partial charge is 0.460 e. The van der Waals surface area contributed by atoms with Gasteiger partial charge in [0.25, 0.3) is 0 Å². The van der Waals surface area contributed by atoms with Gasteiger partial charge in [-0.1, -0.05) is 12.1 Å². The summed E-state index contributed by atoms with van der Waals surface area (Å²) < 4.78 is 42.3. The van der Waals surface area contributed by atoms with Crippen LogP contribution in [0.5, 0.6) is 0 Å². The van der Waals surface area contributed by atoms with E-state index in [0.717, 1.165) is 12.1 Å². The minimum Gasteiger partial charge on any atom is -0.460 e. The molecule has 0 saturated heterocycles. The van der Waals surface area contributed by atoms with Gasteiger partial charge in [-0.15, -0.1) is 0 Å². The summed E-state index contributed by atoms with van der Waals surface area (Å²) in [5, 5.41) is 0. The van der Waals surface area contributed by atoms with Crippen molar-refractivity contribution >= 4 is 5.97 Å². The van der Waals surface area contributed by atoms with Crippen LogP contribution < -0.4 is 5.73 Å². The van der Waals surface area contributed by atoms with Crippen LogP contribution >= 0.6 is 0 Å². The highest BCUT2D eigenvalue weighted by molar-refractivity contribution is 5.70. The fourth-order valence-corrected chi connectivity index (χ4v) is 1.60. The lowest BCUT2D eigenvalue weighted by molar-refractivity contribution is -0.155. The third-order valence-electron chi connectivity index (χ3n) is 2.47. The molecule has 1 atom stereocenters. The van der Waals surface area contributed by atoms with Crippen molar-refractivity contribution in [3.8, 4) is 0 Å². The lowest BCUT2D eigenvalue weighted by atomic mass is 10.0. The average Bonchev–Trinajstić information content (AvgIpc) is 2.25. The van der Waals surface area contributed by atoms with E-state index in [4.69, 9.17) is 10.5 Å². The first-order valence-corrected chi connectivity index (χ1v) is 6.13. The van der Waals surface area contributed by atoms with Gasteiger partial charge in [0.1, 0.15) is 5.60 Å². The number of esters is 1. The molecule has 0 saturated carbocycles. The van der Waals surface area contributed by atoms with Crippen molar-refractivity contribution in [3.63, 3.8) is 0 Å². The summed E-state index contributed by atoms with van der Waals surface area (Å²) in [4.78, 5) is 11.6. The minimum atomic E-state index is -4.38. The normalized spacial score (nSPS) is 13.9. The molecule has 0 radical (unpaired) electrons. The van der Waals surface area contributed by atoms with Gasteiger partial charge in [-0.05, 0) is 38.5 Å². The zero-order chi connectivity index (χ0) is 15.6. The van der Waals surface area contributed by atoms with Crippen molar-refractivity contribution in [1.29, 1.82) is 0 Å². The van der Waals surface area contributed by atoms with E-state index in [9.17, 15) is 18.0 Å². The number of nitrogens with two attached hydrogens (primary N) is 1. The quantitative estimate of drug-likeness (QED) is 0.867. The number of carbonyl (C=O) groups is 1. The Morgan fingerprint density at radius 2 is 1.70 bits per heavy atom. The van der Waals surface area contributed by atoms with Crippen LogP contribution in [-0.2, 0) is 15.7 Å². The molecular weight excluding hydrogens is 271 g/mol. The van der Waals surface area contributed by atoms with Crippen LogP contribution in [0.3, 0.4) is 0 Å². The monoisotopic (exact) mass is 289 g/mol. The molecule has 112 valence electrons. The maximum Gasteiger partial charge on any atom is 0.416 e. The topological polar surface area (TPSA) is 52.3 Å². The molecule has 1 aromatic rings. The highest BCUT2D eigenvalue weighted by Gasteiger charge is 2.30. The van der Waals surface area contributed by atoms with Crippen molar-refractivity contribution in [1.82, 2.24) is 0 Å². The van der Waals surface area contributed by atoms with Gasteiger partial charge in [-0.3, -0.25) is 4.79 Å². The lowest BCUT2D eigenvalue weighted by Gasteiger charge is -2.21. The van der Waals surface area contributed by atoms with Crippen LogP contribution in [0.4, 0.5) is 13.2 Å². The zero-order valence-electron chi connectivity index (χ0n) is 11.6. The number of rotatable bonds is 3. The van der Waals surface area contributed by atoms with Crippen molar-refractivity contribution in [2.24, 2.45) is 5.73 Å². The second-order valence-corrected chi connectivity index (χ2v) is 5.52. The summed E-state index contributed by atoms with van der Waals surface area (Å²) in [6, 6.07) is 3.76. The molecule has 0 aromatic heterocycles. The Balaban J connectivity index is 2.69. The summed E-state index contributed by atoms with van der Waals surface area (Å²) in [6.45, 7) is 5.19. The molecule has 1 rings (SSSR count). The SMILES string of the molecule is CC(C)(C)OC(=O)C[C@H](N)c1ccc(C(F)(F)F)cc1. The number of alkyl halides is 3. The Hall–Kier alpha value is -1.56. The molecule has 0 unspecified atom stereocenters. The predicted octanol–water partition coefficient (Wildman–Crippen LogP) is 3.44. The summed E-state index contributed by atoms with van der Waals surface area (Å²) >= 11 is 0. The number of hydrogen-bond donors (Lipinski definition) is 1. The van der Waals surface area contributed by atoms with Gasteiger partial charge in [0.05, 0.1) is 12.0 Å². The molecule has 2 N–H and O–H groups in total. The van der Waals surface area contributed by atoms with Crippen LogP contribution in [0.15, 0.2) is 24.3 Å². The summed E-state index contributed by atoms with van der Waals surface area (Å²) in [5.41, 5.74) is 4.89. The molecule has 0 fully saturated rings.